The molecule has 0 saturated heterocycles. The number of rotatable bonds is 2. The minimum atomic E-state index is 0.376. The van der Waals surface area contributed by atoms with Gasteiger partial charge in [0.15, 0.2) is 0 Å². The minimum absolute atomic E-state index is 0.376. The van der Waals surface area contributed by atoms with Gasteiger partial charge in [0.25, 0.3) is 0 Å². The zero-order chi connectivity index (χ0) is 8.60. The lowest BCUT2D eigenvalue weighted by molar-refractivity contribution is 0.711. The van der Waals surface area contributed by atoms with Crippen LogP contribution in [0.4, 0.5) is 0 Å². The van der Waals surface area contributed by atoms with Gasteiger partial charge in [-0.15, -0.1) is 6.58 Å². The normalized spacial score (nSPS) is 32.9. The van der Waals surface area contributed by atoms with E-state index in [4.69, 9.17) is 0 Å². The molecule has 0 aliphatic heterocycles. The van der Waals surface area contributed by atoms with Crippen LogP contribution in [0.2, 0.25) is 0 Å². The van der Waals surface area contributed by atoms with Crippen LogP contribution in [0.5, 0.6) is 0 Å². The Labute approximate surface area is 73.9 Å². The molecule has 0 aromatic heterocycles. The summed E-state index contributed by atoms with van der Waals surface area (Å²) >= 11 is 0. The molecule has 2 rings (SSSR count). The summed E-state index contributed by atoms with van der Waals surface area (Å²) in [5.41, 5.74) is 1.83. The monoisotopic (exact) mass is 158 g/mol. The van der Waals surface area contributed by atoms with Crippen molar-refractivity contribution in [1.82, 2.24) is 0 Å². The van der Waals surface area contributed by atoms with Crippen molar-refractivity contribution in [3.63, 3.8) is 0 Å². The van der Waals surface area contributed by atoms with E-state index in [9.17, 15) is 0 Å². The zero-order valence-corrected chi connectivity index (χ0v) is 7.46. The van der Waals surface area contributed by atoms with Gasteiger partial charge in [-0.1, -0.05) is 43.3 Å². The molecule has 0 spiro atoms. The second-order valence-electron chi connectivity index (χ2n) is 3.88. The summed E-state index contributed by atoms with van der Waals surface area (Å²) in [6, 6.07) is 10.7. The maximum Gasteiger partial charge on any atom is -0.00649 e. The summed E-state index contributed by atoms with van der Waals surface area (Å²) in [4.78, 5) is 0. The Kier molecular flexibility index (Phi) is 1.57. The Hall–Kier alpha value is -1.04. The summed E-state index contributed by atoms with van der Waals surface area (Å²) < 4.78 is 0. The van der Waals surface area contributed by atoms with E-state index in [1.165, 1.54) is 12.0 Å². The van der Waals surface area contributed by atoms with E-state index in [2.05, 4.69) is 49.9 Å². The van der Waals surface area contributed by atoms with Gasteiger partial charge in [-0.2, -0.15) is 0 Å². The van der Waals surface area contributed by atoms with Crippen molar-refractivity contribution in [2.24, 2.45) is 5.41 Å². The van der Waals surface area contributed by atoms with Gasteiger partial charge in [-0.25, -0.2) is 0 Å². The van der Waals surface area contributed by atoms with E-state index in [1.807, 2.05) is 0 Å². The first kappa shape index (κ1) is 7.60. The molecule has 0 nitrogen and oxygen atoms in total. The maximum atomic E-state index is 3.87. The van der Waals surface area contributed by atoms with E-state index >= 15 is 0 Å². The highest BCUT2D eigenvalue weighted by atomic mass is 14.5. The molecule has 1 saturated carbocycles. The highest BCUT2D eigenvalue weighted by Crippen LogP contribution is 2.59. The van der Waals surface area contributed by atoms with Gasteiger partial charge >= 0.3 is 0 Å². The fraction of sp³-hybridized carbons (Fsp3) is 0.333. The molecule has 0 N–H and O–H groups in total. The van der Waals surface area contributed by atoms with Crippen molar-refractivity contribution in [3.05, 3.63) is 48.6 Å². The Morgan fingerprint density at radius 1 is 1.42 bits per heavy atom. The van der Waals surface area contributed by atoms with E-state index < -0.39 is 0 Å². The van der Waals surface area contributed by atoms with Crippen LogP contribution in [-0.4, -0.2) is 0 Å². The second-order valence-corrected chi connectivity index (χ2v) is 3.88. The van der Waals surface area contributed by atoms with Crippen molar-refractivity contribution in [3.8, 4) is 0 Å². The highest BCUT2D eigenvalue weighted by Gasteiger charge is 2.47. The van der Waals surface area contributed by atoms with Crippen molar-refractivity contribution in [2.45, 2.75) is 19.3 Å². The molecule has 0 unspecified atom stereocenters. The minimum Gasteiger partial charge on any atom is -0.103 e. The van der Waals surface area contributed by atoms with E-state index in [-0.39, 0.29) is 0 Å². The molecular formula is C12H14. The third kappa shape index (κ3) is 1.08. The molecule has 62 valence electrons. The van der Waals surface area contributed by atoms with Gasteiger partial charge in [-0.3, -0.25) is 0 Å². The third-order valence-electron chi connectivity index (χ3n) is 2.95. The van der Waals surface area contributed by atoms with Crippen LogP contribution >= 0.6 is 0 Å². The SMILES string of the molecule is C=C[C@@]1(C)C[C@H]1c1ccccc1. The Balaban J connectivity index is 2.21. The van der Waals surface area contributed by atoms with Crippen LogP contribution in [0.25, 0.3) is 0 Å². The predicted molar refractivity (Wildman–Crippen MR) is 52.1 cm³/mol. The maximum absolute atomic E-state index is 3.87. The lowest BCUT2D eigenvalue weighted by Crippen LogP contribution is -1.90. The van der Waals surface area contributed by atoms with Gasteiger partial charge in [0, 0.05) is 0 Å². The predicted octanol–water partition coefficient (Wildman–Crippen LogP) is 3.37. The Bertz CT molecular complexity index is 286. The topological polar surface area (TPSA) is 0 Å². The summed E-state index contributed by atoms with van der Waals surface area (Å²) in [7, 11) is 0. The first-order valence-electron chi connectivity index (χ1n) is 4.45. The van der Waals surface area contributed by atoms with E-state index in [1.54, 1.807) is 0 Å². The lowest BCUT2D eigenvalue weighted by Gasteiger charge is -2.03. The van der Waals surface area contributed by atoms with Crippen molar-refractivity contribution in [1.29, 1.82) is 0 Å². The van der Waals surface area contributed by atoms with Crippen LogP contribution in [-0.2, 0) is 0 Å². The van der Waals surface area contributed by atoms with Crippen LogP contribution in [0.1, 0.15) is 24.8 Å². The van der Waals surface area contributed by atoms with Gasteiger partial charge < -0.3 is 0 Å². The Morgan fingerprint density at radius 2 is 2.08 bits per heavy atom. The van der Waals surface area contributed by atoms with Crippen molar-refractivity contribution < 1.29 is 0 Å². The molecule has 1 aliphatic rings. The van der Waals surface area contributed by atoms with E-state index in [0.29, 0.717) is 5.41 Å². The quantitative estimate of drug-likeness (QED) is 0.579. The zero-order valence-electron chi connectivity index (χ0n) is 7.46. The number of hydrogen-bond acceptors (Lipinski definition) is 0. The Morgan fingerprint density at radius 3 is 2.58 bits per heavy atom. The van der Waals surface area contributed by atoms with Gasteiger partial charge in [-0.05, 0) is 23.3 Å². The molecule has 1 aromatic rings. The first-order valence-corrected chi connectivity index (χ1v) is 4.45. The average Bonchev–Trinajstić information content (AvgIpc) is 2.81. The first-order chi connectivity index (χ1) is 5.76. The summed E-state index contributed by atoms with van der Waals surface area (Å²) in [6.45, 7) is 6.15. The smallest absolute Gasteiger partial charge is 0.00649 e. The summed E-state index contributed by atoms with van der Waals surface area (Å²) in [6.07, 6.45) is 3.35. The average molecular weight is 158 g/mol. The molecule has 0 bridgehead atoms. The largest absolute Gasteiger partial charge is 0.103 e. The standard InChI is InChI=1S/C12H14/c1-3-12(2)9-11(12)10-7-5-4-6-8-10/h3-8,11H,1,9H2,2H3/t11-,12-/m0/s1. The lowest BCUT2D eigenvalue weighted by atomic mass is 10.0. The third-order valence-corrected chi connectivity index (χ3v) is 2.95. The van der Waals surface area contributed by atoms with Crippen molar-refractivity contribution in [2.75, 3.05) is 0 Å². The number of benzene rings is 1. The molecule has 0 radical (unpaired) electrons. The molecule has 2 atom stereocenters. The van der Waals surface area contributed by atoms with Crippen molar-refractivity contribution >= 4 is 0 Å². The molecule has 0 heterocycles. The summed E-state index contributed by atoms with van der Waals surface area (Å²) in [5, 5.41) is 0. The second kappa shape index (κ2) is 2.48. The molecule has 12 heavy (non-hydrogen) atoms. The van der Waals surface area contributed by atoms with Crippen LogP contribution < -0.4 is 0 Å². The van der Waals surface area contributed by atoms with E-state index in [0.717, 1.165) is 5.92 Å². The molecule has 1 aromatic carbocycles. The number of hydrogen-bond donors (Lipinski definition) is 0. The van der Waals surface area contributed by atoms with Crippen LogP contribution in [0.3, 0.4) is 0 Å². The molecule has 1 aliphatic carbocycles. The van der Waals surface area contributed by atoms with Gasteiger partial charge in [0.1, 0.15) is 0 Å². The fourth-order valence-electron chi connectivity index (χ4n) is 1.79. The van der Waals surface area contributed by atoms with Crippen LogP contribution in [0.15, 0.2) is 43.0 Å². The molecule has 0 heteroatoms. The van der Waals surface area contributed by atoms with Gasteiger partial charge in [0.05, 0.1) is 0 Å². The molecular weight excluding hydrogens is 144 g/mol. The highest BCUT2D eigenvalue weighted by molar-refractivity contribution is 5.32. The van der Waals surface area contributed by atoms with Crippen LogP contribution in [0, 0.1) is 5.41 Å². The molecule has 0 amide bonds. The molecule has 1 fully saturated rings. The summed E-state index contributed by atoms with van der Waals surface area (Å²) in [5.74, 6) is 0.719. The fourth-order valence-corrected chi connectivity index (χ4v) is 1.79. The van der Waals surface area contributed by atoms with Gasteiger partial charge in [0.2, 0.25) is 0 Å². The number of allylic oxidation sites excluding steroid dienone is 1.